The third-order valence-electron chi connectivity index (χ3n) is 2.22. The van der Waals surface area contributed by atoms with Gasteiger partial charge < -0.3 is 10.6 Å². The summed E-state index contributed by atoms with van der Waals surface area (Å²) < 4.78 is 13.4. The van der Waals surface area contributed by atoms with Crippen LogP contribution < -0.4 is 5.73 Å². The molecule has 0 aliphatic carbocycles. The predicted molar refractivity (Wildman–Crippen MR) is 61.5 cm³/mol. The van der Waals surface area contributed by atoms with Crippen LogP contribution in [0.5, 0.6) is 0 Å². The Kier molecular flexibility index (Phi) is 4.26. The topological polar surface area (TPSA) is 46.3 Å². The van der Waals surface area contributed by atoms with Crippen molar-refractivity contribution in [3.63, 3.8) is 0 Å². The number of nitrogens with zero attached hydrogens (tertiary/aromatic N) is 1. The van der Waals surface area contributed by atoms with Gasteiger partial charge in [0, 0.05) is 24.2 Å². The third kappa shape index (κ3) is 2.93. The lowest BCUT2D eigenvalue weighted by atomic mass is 10.2. The van der Waals surface area contributed by atoms with E-state index < -0.39 is 11.9 Å². The largest absolute Gasteiger partial charge is 0.340 e. The molecule has 0 bridgehead atoms. The quantitative estimate of drug-likeness (QED) is 0.881. The number of hydrogen-bond acceptors (Lipinski definition) is 2. The van der Waals surface area contributed by atoms with Gasteiger partial charge in [0.25, 0.3) is 0 Å². The SMILES string of the molecule is CC(N)C(=O)N(C)Cc1c(F)cccc1Cl. The molecule has 3 nitrogen and oxygen atoms in total. The molecule has 0 saturated carbocycles. The van der Waals surface area contributed by atoms with Crippen molar-refractivity contribution in [2.75, 3.05) is 7.05 Å². The van der Waals surface area contributed by atoms with Crippen LogP contribution in [0.25, 0.3) is 0 Å². The zero-order valence-corrected chi connectivity index (χ0v) is 9.96. The van der Waals surface area contributed by atoms with Gasteiger partial charge in [-0.2, -0.15) is 0 Å². The van der Waals surface area contributed by atoms with E-state index in [1.807, 2.05) is 0 Å². The first-order valence-electron chi connectivity index (χ1n) is 4.87. The summed E-state index contributed by atoms with van der Waals surface area (Å²) in [5, 5.41) is 0.310. The van der Waals surface area contributed by atoms with Crippen LogP contribution in [0.15, 0.2) is 18.2 Å². The molecule has 0 aromatic heterocycles. The molecule has 0 heterocycles. The number of halogens is 2. The van der Waals surface area contributed by atoms with Crippen LogP contribution in [0.2, 0.25) is 5.02 Å². The lowest BCUT2D eigenvalue weighted by Gasteiger charge is -2.20. The van der Waals surface area contributed by atoms with Gasteiger partial charge in [0.05, 0.1) is 6.04 Å². The van der Waals surface area contributed by atoms with Crippen molar-refractivity contribution in [3.05, 3.63) is 34.6 Å². The van der Waals surface area contributed by atoms with Gasteiger partial charge in [0.15, 0.2) is 0 Å². The number of carbonyl (C=O) groups is 1. The fourth-order valence-corrected chi connectivity index (χ4v) is 1.57. The maximum atomic E-state index is 13.4. The van der Waals surface area contributed by atoms with Crippen molar-refractivity contribution in [1.29, 1.82) is 0 Å². The zero-order chi connectivity index (χ0) is 12.3. The highest BCUT2D eigenvalue weighted by molar-refractivity contribution is 6.31. The first-order chi connectivity index (χ1) is 7.43. The lowest BCUT2D eigenvalue weighted by molar-refractivity contribution is -0.131. The maximum absolute atomic E-state index is 13.4. The van der Waals surface area contributed by atoms with Crippen molar-refractivity contribution in [3.8, 4) is 0 Å². The van der Waals surface area contributed by atoms with E-state index in [0.29, 0.717) is 10.6 Å². The molecule has 0 fully saturated rings. The molecule has 1 unspecified atom stereocenters. The number of nitrogens with two attached hydrogens (primary N) is 1. The molecule has 1 amide bonds. The van der Waals surface area contributed by atoms with Crippen LogP contribution in [0.1, 0.15) is 12.5 Å². The standard InChI is InChI=1S/C11H14ClFN2O/c1-7(14)11(16)15(2)6-8-9(12)4-3-5-10(8)13/h3-5,7H,6,14H2,1-2H3. The molecule has 2 N–H and O–H groups in total. The van der Waals surface area contributed by atoms with Crippen molar-refractivity contribution >= 4 is 17.5 Å². The summed E-state index contributed by atoms with van der Waals surface area (Å²) in [5.74, 6) is -0.670. The Labute approximate surface area is 99.0 Å². The summed E-state index contributed by atoms with van der Waals surface area (Å²) in [6, 6.07) is 3.82. The second kappa shape index (κ2) is 5.27. The van der Waals surface area contributed by atoms with Crippen molar-refractivity contribution < 1.29 is 9.18 Å². The molecule has 1 aromatic carbocycles. The summed E-state index contributed by atoms with van der Waals surface area (Å²) in [6.45, 7) is 1.70. The molecular weight excluding hydrogens is 231 g/mol. The Morgan fingerprint density at radius 1 is 1.62 bits per heavy atom. The molecule has 1 atom stereocenters. The first-order valence-corrected chi connectivity index (χ1v) is 5.24. The molecule has 88 valence electrons. The molecule has 0 radical (unpaired) electrons. The summed E-state index contributed by atoms with van der Waals surface area (Å²) in [7, 11) is 1.56. The first kappa shape index (κ1) is 12.9. The van der Waals surface area contributed by atoms with Gasteiger partial charge >= 0.3 is 0 Å². The average molecular weight is 245 g/mol. The molecule has 0 saturated heterocycles. The molecule has 5 heteroatoms. The minimum Gasteiger partial charge on any atom is -0.340 e. The predicted octanol–water partition coefficient (Wildman–Crippen LogP) is 1.78. The van der Waals surface area contributed by atoms with Crippen molar-refractivity contribution in [2.24, 2.45) is 5.73 Å². The van der Waals surface area contributed by atoms with Crippen LogP contribution in [0.3, 0.4) is 0 Å². The number of likely N-dealkylation sites (N-methyl/N-ethyl adjacent to an activating group) is 1. The van der Waals surface area contributed by atoms with E-state index in [1.54, 1.807) is 20.0 Å². The highest BCUT2D eigenvalue weighted by Gasteiger charge is 2.16. The summed E-state index contributed by atoms with van der Waals surface area (Å²) in [4.78, 5) is 12.9. The molecule has 1 rings (SSSR count). The van der Waals surface area contributed by atoms with E-state index in [0.717, 1.165) is 0 Å². The molecule has 16 heavy (non-hydrogen) atoms. The Balaban J connectivity index is 2.85. The second-order valence-electron chi connectivity index (χ2n) is 3.68. The fourth-order valence-electron chi connectivity index (χ4n) is 1.35. The smallest absolute Gasteiger partial charge is 0.239 e. The van der Waals surface area contributed by atoms with Crippen molar-refractivity contribution in [1.82, 2.24) is 4.90 Å². The van der Waals surface area contributed by atoms with Crippen LogP contribution in [-0.4, -0.2) is 23.9 Å². The summed E-state index contributed by atoms with van der Waals surface area (Å²) in [5.41, 5.74) is 5.75. The third-order valence-corrected chi connectivity index (χ3v) is 2.58. The average Bonchev–Trinajstić information content (AvgIpc) is 2.22. The van der Waals surface area contributed by atoms with Crippen LogP contribution in [-0.2, 0) is 11.3 Å². The normalized spacial score (nSPS) is 12.3. The lowest BCUT2D eigenvalue weighted by Crippen LogP contribution is -2.39. The van der Waals surface area contributed by atoms with E-state index >= 15 is 0 Å². The Bertz CT molecular complexity index is 375. The van der Waals surface area contributed by atoms with Gasteiger partial charge in [-0.3, -0.25) is 4.79 Å². The molecule has 0 aliphatic heterocycles. The summed E-state index contributed by atoms with van der Waals surface area (Å²) in [6.07, 6.45) is 0. The molecule has 0 aliphatic rings. The van der Waals surface area contributed by atoms with Gasteiger partial charge in [-0.15, -0.1) is 0 Å². The van der Waals surface area contributed by atoms with Crippen LogP contribution in [0, 0.1) is 5.82 Å². The number of rotatable bonds is 3. The van der Waals surface area contributed by atoms with E-state index in [2.05, 4.69) is 0 Å². The van der Waals surface area contributed by atoms with Crippen molar-refractivity contribution in [2.45, 2.75) is 19.5 Å². The molecular formula is C11H14ClFN2O. The van der Waals surface area contributed by atoms with E-state index in [4.69, 9.17) is 17.3 Å². The Morgan fingerprint density at radius 2 is 2.25 bits per heavy atom. The number of hydrogen-bond donors (Lipinski definition) is 1. The van der Waals surface area contributed by atoms with Gasteiger partial charge in [0.1, 0.15) is 5.82 Å². The van der Waals surface area contributed by atoms with E-state index in [1.165, 1.54) is 17.0 Å². The second-order valence-corrected chi connectivity index (χ2v) is 4.09. The van der Waals surface area contributed by atoms with Crippen LogP contribution >= 0.6 is 11.6 Å². The number of benzene rings is 1. The van der Waals surface area contributed by atoms with Gasteiger partial charge in [-0.25, -0.2) is 4.39 Å². The monoisotopic (exact) mass is 244 g/mol. The van der Waals surface area contributed by atoms with Crippen LogP contribution in [0.4, 0.5) is 4.39 Å². The van der Waals surface area contributed by atoms with Gasteiger partial charge in [0.2, 0.25) is 5.91 Å². The number of amides is 1. The zero-order valence-electron chi connectivity index (χ0n) is 9.21. The minimum atomic E-state index is -0.601. The highest BCUT2D eigenvalue weighted by Crippen LogP contribution is 2.20. The van der Waals surface area contributed by atoms with Gasteiger partial charge in [-0.1, -0.05) is 17.7 Å². The highest BCUT2D eigenvalue weighted by atomic mass is 35.5. The fraction of sp³-hybridized carbons (Fsp3) is 0.364. The Hall–Kier alpha value is -1.13. The van der Waals surface area contributed by atoms with E-state index in [9.17, 15) is 9.18 Å². The Morgan fingerprint density at radius 3 is 2.75 bits per heavy atom. The van der Waals surface area contributed by atoms with Gasteiger partial charge in [-0.05, 0) is 19.1 Å². The van der Waals surface area contributed by atoms with E-state index in [-0.39, 0.29) is 12.5 Å². The molecule has 0 spiro atoms. The molecule has 1 aromatic rings. The maximum Gasteiger partial charge on any atom is 0.239 e. The minimum absolute atomic E-state index is 0.117. The summed E-state index contributed by atoms with van der Waals surface area (Å²) >= 11 is 5.85. The number of carbonyl (C=O) groups excluding carboxylic acids is 1.